The van der Waals surface area contributed by atoms with E-state index in [1.807, 2.05) is 0 Å². The van der Waals surface area contributed by atoms with Crippen LogP contribution in [0.15, 0.2) is 41.3 Å². The highest BCUT2D eigenvalue weighted by Crippen LogP contribution is 2.37. The second-order valence-corrected chi connectivity index (χ2v) is 7.45. The molecule has 2 aliphatic rings. The van der Waals surface area contributed by atoms with Gasteiger partial charge in [0.2, 0.25) is 6.79 Å². The molecule has 132 valence electrons. The zero-order chi connectivity index (χ0) is 18.3. The first kappa shape index (κ1) is 17.3. The standard InChI is InChI=1S/C18H11Cl2NO4S/c19-12-3-2-11(13(20)7-12)8-21-17(22)16(26-18(21)23)6-10-1-4-14-15(5-10)25-9-24-14/h1-7H,8-9H2/b16-6+. The van der Waals surface area contributed by atoms with E-state index in [4.69, 9.17) is 32.7 Å². The Hall–Kier alpha value is -2.15. The molecule has 0 radical (unpaired) electrons. The predicted octanol–water partition coefficient (Wildman–Crippen LogP) is 4.96. The van der Waals surface area contributed by atoms with Gasteiger partial charge in [0.25, 0.3) is 11.1 Å². The number of ether oxygens (including phenoxy) is 2. The molecule has 0 saturated carbocycles. The number of carbonyl (C=O) groups is 2. The van der Waals surface area contributed by atoms with Crippen LogP contribution in [0.5, 0.6) is 11.5 Å². The largest absolute Gasteiger partial charge is 0.454 e. The lowest BCUT2D eigenvalue weighted by Crippen LogP contribution is -2.27. The van der Waals surface area contributed by atoms with Gasteiger partial charge in [-0.3, -0.25) is 14.5 Å². The summed E-state index contributed by atoms with van der Waals surface area (Å²) in [6.07, 6.45) is 1.66. The van der Waals surface area contributed by atoms with Crippen molar-refractivity contribution >= 4 is 52.2 Å². The number of hydrogen-bond donors (Lipinski definition) is 0. The molecule has 0 bridgehead atoms. The molecule has 2 amide bonds. The summed E-state index contributed by atoms with van der Waals surface area (Å²) in [6, 6.07) is 10.3. The number of amides is 2. The van der Waals surface area contributed by atoms with Crippen LogP contribution in [0.3, 0.4) is 0 Å². The Bertz CT molecular complexity index is 960. The van der Waals surface area contributed by atoms with E-state index in [-0.39, 0.29) is 24.5 Å². The van der Waals surface area contributed by atoms with Gasteiger partial charge in [0.1, 0.15) is 0 Å². The molecule has 0 N–H and O–H groups in total. The zero-order valence-corrected chi connectivity index (χ0v) is 15.5. The van der Waals surface area contributed by atoms with E-state index in [0.29, 0.717) is 32.0 Å². The van der Waals surface area contributed by atoms with Crippen molar-refractivity contribution in [3.05, 3.63) is 62.5 Å². The normalized spacial score (nSPS) is 17.5. The first-order valence-electron chi connectivity index (χ1n) is 7.60. The molecule has 2 aromatic rings. The Kier molecular flexibility index (Phi) is 4.56. The van der Waals surface area contributed by atoms with Gasteiger partial charge < -0.3 is 9.47 Å². The molecule has 2 aliphatic heterocycles. The van der Waals surface area contributed by atoms with Crippen molar-refractivity contribution in [2.75, 3.05) is 6.79 Å². The van der Waals surface area contributed by atoms with E-state index < -0.39 is 0 Å². The number of nitrogens with zero attached hydrogens (tertiary/aromatic N) is 1. The van der Waals surface area contributed by atoms with Gasteiger partial charge in [-0.05, 0) is 53.2 Å². The highest BCUT2D eigenvalue weighted by molar-refractivity contribution is 8.18. The molecular weight excluding hydrogens is 397 g/mol. The van der Waals surface area contributed by atoms with Gasteiger partial charge in [0, 0.05) is 10.0 Å². The summed E-state index contributed by atoms with van der Waals surface area (Å²) in [6.45, 7) is 0.274. The highest BCUT2D eigenvalue weighted by atomic mass is 35.5. The summed E-state index contributed by atoms with van der Waals surface area (Å²) in [5, 5.41) is 0.569. The zero-order valence-electron chi connectivity index (χ0n) is 13.2. The number of fused-ring (bicyclic) bond motifs is 1. The second kappa shape index (κ2) is 6.87. The van der Waals surface area contributed by atoms with Crippen LogP contribution in [0.25, 0.3) is 6.08 Å². The summed E-state index contributed by atoms with van der Waals surface area (Å²) in [5.74, 6) is 0.919. The van der Waals surface area contributed by atoms with Crippen molar-refractivity contribution < 1.29 is 19.1 Å². The quantitative estimate of drug-likeness (QED) is 0.672. The fourth-order valence-corrected chi connectivity index (χ4v) is 3.92. The van der Waals surface area contributed by atoms with E-state index in [1.165, 1.54) is 4.90 Å². The number of rotatable bonds is 3. The number of hydrogen-bond acceptors (Lipinski definition) is 5. The van der Waals surface area contributed by atoms with E-state index in [0.717, 1.165) is 17.3 Å². The minimum Gasteiger partial charge on any atom is -0.454 e. The van der Waals surface area contributed by atoms with Crippen LogP contribution in [0.1, 0.15) is 11.1 Å². The van der Waals surface area contributed by atoms with E-state index in [9.17, 15) is 9.59 Å². The Morgan fingerprint density at radius 2 is 1.88 bits per heavy atom. The van der Waals surface area contributed by atoms with Crippen LogP contribution in [-0.4, -0.2) is 22.8 Å². The average molecular weight is 408 g/mol. The van der Waals surface area contributed by atoms with Gasteiger partial charge in [-0.15, -0.1) is 0 Å². The molecule has 2 aromatic carbocycles. The molecule has 0 aliphatic carbocycles. The molecule has 5 nitrogen and oxygen atoms in total. The average Bonchev–Trinajstić information content (AvgIpc) is 3.16. The fraction of sp³-hybridized carbons (Fsp3) is 0.111. The third kappa shape index (κ3) is 3.28. The van der Waals surface area contributed by atoms with Gasteiger partial charge in [-0.25, -0.2) is 0 Å². The molecular formula is C18H11Cl2NO4S. The maximum atomic E-state index is 12.6. The Morgan fingerprint density at radius 1 is 1.08 bits per heavy atom. The summed E-state index contributed by atoms with van der Waals surface area (Å²) in [7, 11) is 0. The first-order valence-corrected chi connectivity index (χ1v) is 9.17. The van der Waals surface area contributed by atoms with Crippen molar-refractivity contribution in [2.45, 2.75) is 6.54 Å². The molecule has 0 unspecified atom stereocenters. The maximum Gasteiger partial charge on any atom is 0.293 e. The monoisotopic (exact) mass is 407 g/mol. The van der Waals surface area contributed by atoms with Gasteiger partial charge in [0.15, 0.2) is 11.5 Å². The Labute approximate surface area is 163 Å². The molecule has 0 aromatic heterocycles. The Morgan fingerprint density at radius 3 is 2.69 bits per heavy atom. The van der Waals surface area contributed by atoms with Crippen molar-refractivity contribution in [3.8, 4) is 11.5 Å². The van der Waals surface area contributed by atoms with Crippen LogP contribution in [0.2, 0.25) is 10.0 Å². The third-order valence-corrected chi connectivity index (χ3v) is 5.41. The van der Waals surface area contributed by atoms with Crippen LogP contribution in [-0.2, 0) is 11.3 Å². The number of thioether (sulfide) groups is 1. The van der Waals surface area contributed by atoms with E-state index in [2.05, 4.69) is 0 Å². The molecule has 1 saturated heterocycles. The van der Waals surface area contributed by atoms with Crippen LogP contribution < -0.4 is 9.47 Å². The lowest BCUT2D eigenvalue weighted by Gasteiger charge is -2.13. The maximum absolute atomic E-state index is 12.6. The van der Waals surface area contributed by atoms with Crippen LogP contribution >= 0.6 is 35.0 Å². The van der Waals surface area contributed by atoms with Gasteiger partial charge in [0.05, 0.1) is 11.4 Å². The minimum atomic E-state index is -0.358. The number of carbonyl (C=O) groups excluding carboxylic acids is 2. The molecule has 8 heteroatoms. The van der Waals surface area contributed by atoms with Crippen LogP contribution in [0.4, 0.5) is 4.79 Å². The topological polar surface area (TPSA) is 55.8 Å². The number of halogens is 2. The first-order chi connectivity index (χ1) is 12.5. The SMILES string of the molecule is O=C1S/C(=C/c2ccc3c(c2)OCO3)C(=O)N1Cc1ccc(Cl)cc1Cl. The minimum absolute atomic E-state index is 0.0964. The molecule has 4 rings (SSSR count). The fourth-order valence-electron chi connectivity index (χ4n) is 2.61. The molecule has 26 heavy (non-hydrogen) atoms. The Balaban J connectivity index is 1.57. The highest BCUT2D eigenvalue weighted by Gasteiger charge is 2.35. The summed E-state index contributed by atoms with van der Waals surface area (Å²) in [4.78, 5) is 26.4. The molecule has 2 heterocycles. The number of benzene rings is 2. The summed E-state index contributed by atoms with van der Waals surface area (Å²) in [5.41, 5.74) is 1.41. The smallest absolute Gasteiger partial charge is 0.293 e. The summed E-state index contributed by atoms with van der Waals surface area (Å²) >= 11 is 12.9. The lowest BCUT2D eigenvalue weighted by molar-refractivity contribution is -0.123. The third-order valence-electron chi connectivity index (χ3n) is 3.91. The second-order valence-electron chi connectivity index (χ2n) is 5.62. The molecule has 1 fully saturated rings. The lowest BCUT2D eigenvalue weighted by atomic mass is 10.1. The molecule has 0 spiro atoms. The van der Waals surface area contributed by atoms with E-state index in [1.54, 1.807) is 42.5 Å². The van der Waals surface area contributed by atoms with Crippen molar-refractivity contribution in [3.63, 3.8) is 0 Å². The molecule has 0 atom stereocenters. The van der Waals surface area contributed by atoms with Gasteiger partial charge >= 0.3 is 0 Å². The summed E-state index contributed by atoms with van der Waals surface area (Å²) < 4.78 is 10.6. The van der Waals surface area contributed by atoms with Gasteiger partial charge in [-0.2, -0.15) is 0 Å². The van der Waals surface area contributed by atoms with Crippen molar-refractivity contribution in [1.29, 1.82) is 0 Å². The van der Waals surface area contributed by atoms with Crippen molar-refractivity contribution in [2.24, 2.45) is 0 Å². The predicted molar refractivity (Wildman–Crippen MR) is 101 cm³/mol. The van der Waals surface area contributed by atoms with Gasteiger partial charge in [-0.1, -0.05) is 35.3 Å². The number of imide groups is 1. The van der Waals surface area contributed by atoms with E-state index >= 15 is 0 Å². The van der Waals surface area contributed by atoms with Crippen molar-refractivity contribution in [1.82, 2.24) is 4.90 Å². The van der Waals surface area contributed by atoms with Crippen LogP contribution in [0, 0.1) is 0 Å².